The van der Waals surface area contributed by atoms with E-state index < -0.39 is 11.9 Å². The number of thiazole rings is 1. The second kappa shape index (κ2) is 13.7. The number of aromatic nitrogens is 1. The number of hydrogen-bond donors (Lipinski definition) is 1. The normalized spacial score (nSPS) is 19.7. The maximum Gasteiger partial charge on any atom is 0.309 e. The number of piperidine rings is 1. The van der Waals surface area contributed by atoms with Gasteiger partial charge in [0, 0.05) is 55.8 Å². The number of carboxylic acid groups (broad SMARTS) is 1. The van der Waals surface area contributed by atoms with Crippen molar-refractivity contribution in [3.05, 3.63) is 63.3 Å². The van der Waals surface area contributed by atoms with Crippen LogP contribution < -0.4 is 9.64 Å². The monoisotopic (exact) mass is 609 g/mol. The van der Waals surface area contributed by atoms with E-state index in [1.54, 1.807) is 7.11 Å². The first-order valence-corrected chi connectivity index (χ1v) is 16.4. The largest absolute Gasteiger partial charge is 0.488 e. The number of para-hydroxylation sites is 1. The van der Waals surface area contributed by atoms with Gasteiger partial charge in [-0.1, -0.05) is 32.4 Å². The summed E-state index contributed by atoms with van der Waals surface area (Å²) in [7, 11) is 1.56. The molecule has 0 radical (unpaired) electrons. The summed E-state index contributed by atoms with van der Waals surface area (Å²) in [4.78, 5) is 21.2. The summed E-state index contributed by atoms with van der Waals surface area (Å²) in [5.41, 5.74) is 6.30. The molecule has 1 aromatic heterocycles. The quantitative estimate of drug-likeness (QED) is 0.251. The number of carbonyl (C=O) groups is 1. The Hall–Kier alpha value is -3.01. The van der Waals surface area contributed by atoms with Gasteiger partial charge < -0.3 is 19.5 Å². The molecule has 2 aliphatic heterocycles. The Morgan fingerprint density at radius 3 is 2.74 bits per heavy atom. The van der Waals surface area contributed by atoms with Crippen LogP contribution in [-0.4, -0.2) is 59.8 Å². The fraction of sp³-hybridized carbons (Fsp3) is 0.529. The van der Waals surface area contributed by atoms with E-state index in [9.17, 15) is 9.90 Å². The molecule has 1 fully saturated rings. The van der Waals surface area contributed by atoms with Crippen molar-refractivity contribution in [3.63, 3.8) is 0 Å². The van der Waals surface area contributed by atoms with Crippen LogP contribution in [0.4, 0.5) is 9.52 Å². The molecular weight excluding hydrogens is 565 g/mol. The number of carboxylic acids is 1. The van der Waals surface area contributed by atoms with E-state index in [1.807, 2.05) is 36.6 Å². The molecule has 0 aliphatic carbocycles. The van der Waals surface area contributed by atoms with Gasteiger partial charge in [-0.2, -0.15) is 0 Å². The Morgan fingerprint density at radius 2 is 2.02 bits per heavy atom. The van der Waals surface area contributed by atoms with E-state index in [0.29, 0.717) is 36.9 Å². The highest BCUT2D eigenvalue weighted by Crippen LogP contribution is 2.38. The zero-order valence-corrected chi connectivity index (χ0v) is 26.8. The van der Waals surface area contributed by atoms with E-state index in [4.69, 9.17) is 14.5 Å². The Morgan fingerprint density at radius 1 is 1.21 bits per heavy atom. The molecule has 0 saturated carbocycles. The summed E-state index contributed by atoms with van der Waals surface area (Å²) in [5.74, 6) is -0.770. The van der Waals surface area contributed by atoms with Crippen LogP contribution >= 0.6 is 11.3 Å². The number of fused-ring (bicyclic) bond motifs is 1. The standard InChI is InChI=1S/C34H44FN3O4S/c1-6-9-24(7-2)37-14-12-25-28(17-37)22(4)16-23(31(25)35)19-42-32-21(3)10-8-11-26(32)29-20-43-34(36-29)38-15-13-27(33(39)40)30(18-38)41-5/h8,10-11,16,20,24,27,30H,6-7,9,12-15,17-19H2,1-5H3,(H,39,40). The molecule has 3 aromatic rings. The minimum absolute atomic E-state index is 0.132. The second-order valence-electron chi connectivity index (χ2n) is 11.9. The van der Waals surface area contributed by atoms with Gasteiger partial charge in [0.2, 0.25) is 0 Å². The summed E-state index contributed by atoms with van der Waals surface area (Å²) in [6.07, 6.45) is 4.29. The molecule has 2 aliphatic rings. The average molecular weight is 610 g/mol. The number of benzene rings is 2. The number of methoxy groups -OCH3 is 1. The molecule has 1 saturated heterocycles. The fourth-order valence-corrected chi connectivity index (χ4v) is 7.59. The van der Waals surface area contributed by atoms with Crippen LogP contribution in [0.15, 0.2) is 29.6 Å². The van der Waals surface area contributed by atoms with Crippen molar-refractivity contribution in [2.75, 3.05) is 31.6 Å². The van der Waals surface area contributed by atoms with E-state index in [0.717, 1.165) is 71.0 Å². The van der Waals surface area contributed by atoms with Crippen LogP contribution in [0.3, 0.4) is 0 Å². The molecule has 7 nitrogen and oxygen atoms in total. The van der Waals surface area contributed by atoms with Crippen LogP contribution in [0.5, 0.6) is 5.75 Å². The number of aryl methyl sites for hydroxylation is 2. The zero-order chi connectivity index (χ0) is 30.7. The van der Waals surface area contributed by atoms with Crippen LogP contribution in [-0.2, 0) is 29.1 Å². The van der Waals surface area contributed by atoms with Crippen molar-refractivity contribution >= 4 is 22.4 Å². The molecule has 3 heterocycles. The van der Waals surface area contributed by atoms with Gasteiger partial charge in [-0.3, -0.25) is 9.69 Å². The lowest BCUT2D eigenvalue weighted by Gasteiger charge is -2.36. The summed E-state index contributed by atoms with van der Waals surface area (Å²) in [6.45, 7) is 11.5. The summed E-state index contributed by atoms with van der Waals surface area (Å²) < 4.78 is 27.8. The van der Waals surface area contributed by atoms with Gasteiger partial charge in [0.1, 0.15) is 18.2 Å². The van der Waals surface area contributed by atoms with Crippen LogP contribution in [0.1, 0.15) is 67.3 Å². The lowest BCUT2D eigenvalue weighted by atomic mass is 9.91. The average Bonchev–Trinajstić information content (AvgIpc) is 3.51. The number of halogens is 1. The van der Waals surface area contributed by atoms with Gasteiger partial charge >= 0.3 is 5.97 Å². The van der Waals surface area contributed by atoms with Crippen molar-refractivity contribution in [2.45, 2.75) is 85.1 Å². The van der Waals surface area contributed by atoms with E-state index in [-0.39, 0.29) is 18.5 Å². The van der Waals surface area contributed by atoms with E-state index >= 15 is 4.39 Å². The third kappa shape index (κ3) is 6.59. The zero-order valence-electron chi connectivity index (χ0n) is 26.0. The predicted molar refractivity (Wildman–Crippen MR) is 170 cm³/mol. The predicted octanol–water partition coefficient (Wildman–Crippen LogP) is 7.01. The third-order valence-corrected chi connectivity index (χ3v) is 10.1. The van der Waals surface area contributed by atoms with Gasteiger partial charge in [-0.05, 0) is 73.9 Å². The first kappa shape index (κ1) is 31.4. The molecular formula is C34H44FN3O4S. The van der Waals surface area contributed by atoms with Crippen LogP contribution in [0, 0.1) is 25.6 Å². The lowest BCUT2D eigenvalue weighted by molar-refractivity contribution is -0.147. The Labute approximate surface area is 258 Å². The highest BCUT2D eigenvalue weighted by atomic mass is 32.1. The molecule has 0 spiro atoms. The minimum atomic E-state index is -0.822. The maximum absolute atomic E-state index is 15.9. The molecule has 3 unspecified atom stereocenters. The number of hydrogen-bond acceptors (Lipinski definition) is 7. The smallest absolute Gasteiger partial charge is 0.309 e. The fourth-order valence-electron chi connectivity index (χ4n) is 6.73. The highest BCUT2D eigenvalue weighted by molar-refractivity contribution is 7.14. The van der Waals surface area contributed by atoms with E-state index in [1.165, 1.54) is 17.8 Å². The number of anilines is 1. The Bertz CT molecular complexity index is 1440. The van der Waals surface area contributed by atoms with Crippen molar-refractivity contribution in [1.82, 2.24) is 9.88 Å². The molecule has 232 valence electrons. The summed E-state index contributed by atoms with van der Waals surface area (Å²) in [5, 5.41) is 12.4. The van der Waals surface area contributed by atoms with Crippen molar-refractivity contribution in [2.24, 2.45) is 5.92 Å². The number of nitrogens with zero attached hydrogens (tertiary/aromatic N) is 3. The molecule has 3 atom stereocenters. The molecule has 2 aromatic carbocycles. The van der Waals surface area contributed by atoms with Crippen LogP contribution in [0.2, 0.25) is 0 Å². The molecule has 43 heavy (non-hydrogen) atoms. The van der Waals surface area contributed by atoms with Gasteiger partial charge in [-0.25, -0.2) is 9.37 Å². The van der Waals surface area contributed by atoms with Gasteiger partial charge in [-0.15, -0.1) is 11.3 Å². The van der Waals surface area contributed by atoms with Gasteiger partial charge in [0.15, 0.2) is 5.13 Å². The van der Waals surface area contributed by atoms with Crippen molar-refractivity contribution < 1.29 is 23.8 Å². The molecule has 0 bridgehead atoms. The van der Waals surface area contributed by atoms with E-state index in [2.05, 4.69) is 30.6 Å². The maximum atomic E-state index is 15.9. The number of aliphatic carboxylic acids is 1. The molecule has 5 rings (SSSR count). The number of ether oxygens (including phenoxy) is 2. The van der Waals surface area contributed by atoms with Crippen molar-refractivity contribution in [1.29, 1.82) is 0 Å². The van der Waals surface area contributed by atoms with Crippen molar-refractivity contribution in [3.8, 4) is 17.0 Å². The molecule has 1 N–H and O–H groups in total. The Kier molecular flexibility index (Phi) is 10.0. The van der Waals surface area contributed by atoms with Gasteiger partial charge in [0.25, 0.3) is 0 Å². The SMILES string of the molecule is CCCC(CC)N1CCc2c(F)c(COc3c(C)cccc3-c3csc(N4CCC(C(=O)O)C(OC)C4)n3)cc(C)c2C1. The molecule has 0 amide bonds. The highest BCUT2D eigenvalue weighted by Gasteiger charge is 2.35. The summed E-state index contributed by atoms with van der Waals surface area (Å²) in [6, 6.07) is 8.47. The summed E-state index contributed by atoms with van der Waals surface area (Å²) >= 11 is 1.52. The minimum Gasteiger partial charge on any atom is -0.488 e. The van der Waals surface area contributed by atoms with Crippen LogP contribution in [0.25, 0.3) is 11.3 Å². The first-order valence-electron chi connectivity index (χ1n) is 15.5. The van der Waals surface area contributed by atoms with Gasteiger partial charge in [0.05, 0.1) is 17.7 Å². The topological polar surface area (TPSA) is 75.1 Å². The first-order chi connectivity index (χ1) is 20.7. The number of rotatable bonds is 11. The molecule has 9 heteroatoms. The lowest BCUT2D eigenvalue weighted by Crippen LogP contribution is -2.47. The Balaban J connectivity index is 1.34. The third-order valence-electron chi connectivity index (χ3n) is 9.20. The second-order valence-corrected chi connectivity index (χ2v) is 12.7.